The molecule has 0 aliphatic carbocycles. The van der Waals surface area contributed by atoms with Crippen molar-refractivity contribution in [1.82, 2.24) is 19.4 Å². The van der Waals surface area contributed by atoms with Crippen LogP contribution in [-0.4, -0.2) is 68.1 Å². The normalized spacial score (nSPS) is 14.6. The number of carbonyl (C=O) groups is 2. The molecule has 2 aromatic rings. The maximum atomic E-state index is 12.8. The first-order chi connectivity index (χ1) is 13.7. The standard InChI is InChI=1S/C19H23N5O5/c1-19(2,3)29-18(26)22-10-8-21(9-11-22)17(25)14-4-5-15(16(12-14)24(27)28)23-7-6-20-13-23/h4-7,12-13H,8-11H2,1-3H3. The van der Waals surface area contributed by atoms with E-state index in [2.05, 4.69) is 4.98 Å². The highest BCUT2D eigenvalue weighted by Crippen LogP contribution is 2.25. The Hall–Kier alpha value is -3.43. The molecule has 3 rings (SSSR count). The van der Waals surface area contributed by atoms with E-state index in [4.69, 9.17) is 4.74 Å². The number of nitro benzene ring substituents is 1. The number of nitro groups is 1. The number of hydrogen-bond donors (Lipinski definition) is 0. The molecule has 154 valence electrons. The Labute approximate surface area is 167 Å². The minimum Gasteiger partial charge on any atom is -0.444 e. The van der Waals surface area contributed by atoms with Crippen LogP contribution in [0.5, 0.6) is 0 Å². The molecule has 2 amide bonds. The van der Waals surface area contributed by atoms with E-state index in [0.717, 1.165) is 0 Å². The summed E-state index contributed by atoms with van der Waals surface area (Å²) in [6.45, 7) is 6.73. The van der Waals surface area contributed by atoms with Crippen LogP contribution in [0.3, 0.4) is 0 Å². The van der Waals surface area contributed by atoms with Gasteiger partial charge in [0, 0.05) is 50.2 Å². The van der Waals surface area contributed by atoms with E-state index in [1.54, 1.807) is 42.8 Å². The summed E-state index contributed by atoms with van der Waals surface area (Å²) in [4.78, 5) is 43.0. The van der Waals surface area contributed by atoms with Crippen LogP contribution in [0.1, 0.15) is 31.1 Å². The fraction of sp³-hybridized carbons (Fsp3) is 0.421. The molecule has 1 aliphatic rings. The van der Waals surface area contributed by atoms with Crippen LogP contribution in [0, 0.1) is 10.1 Å². The third-order valence-electron chi connectivity index (χ3n) is 4.42. The molecule has 1 aromatic carbocycles. The van der Waals surface area contributed by atoms with Gasteiger partial charge in [-0.1, -0.05) is 0 Å². The average Bonchev–Trinajstić information content (AvgIpc) is 3.20. The molecule has 10 nitrogen and oxygen atoms in total. The van der Waals surface area contributed by atoms with Crippen molar-refractivity contribution in [3.63, 3.8) is 0 Å². The van der Waals surface area contributed by atoms with Gasteiger partial charge < -0.3 is 19.1 Å². The lowest BCUT2D eigenvalue weighted by atomic mass is 10.1. The topological polar surface area (TPSA) is 111 Å². The van der Waals surface area contributed by atoms with Gasteiger partial charge in [0.05, 0.1) is 11.3 Å². The first-order valence-corrected chi connectivity index (χ1v) is 9.20. The zero-order chi connectivity index (χ0) is 21.2. The molecule has 0 N–H and O–H groups in total. The summed E-state index contributed by atoms with van der Waals surface area (Å²) in [5, 5.41) is 11.5. The highest BCUT2D eigenvalue weighted by Gasteiger charge is 2.29. The van der Waals surface area contributed by atoms with Crippen LogP contribution in [0.15, 0.2) is 36.9 Å². The maximum Gasteiger partial charge on any atom is 0.410 e. The van der Waals surface area contributed by atoms with E-state index in [-0.39, 0.29) is 17.2 Å². The molecular formula is C19H23N5O5. The second kappa shape index (κ2) is 7.90. The lowest BCUT2D eigenvalue weighted by Crippen LogP contribution is -2.51. The zero-order valence-corrected chi connectivity index (χ0v) is 16.6. The summed E-state index contributed by atoms with van der Waals surface area (Å²) in [5.41, 5.74) is -0.203. The van der Waals surface area contributed by atoms with Crippen molar-refractivity contribution in [3.8, 4) is 5.69 Å². The van der Waals surface area contributed by atoms with Gasteiger partial charge in [-0.2, -0.15) is 0 Å². The summed E-state index contributed by atoms with van der Waals surface area (Å²) >= 11 is 0. The largest absolute Gasteiger partial charge is 0.444 e. The van der Waals surface area contributed by atoms with E-state index in [1.807, 2.05) is 0 Å². The van der Waals surface area contributed by atoms with Gasteiger partial charge in [0.1, 0.15) is 11.3 Å². The van der Waals surface area contributed by atoms with Crippen molar-refractivity contribution in [2.75, 3.05) is 26.2 Å². The molecular weight excluding hydrogens is 378 g/mol. The molecule has 29 heavy (non-hydrogen) atoms. The molecule has 0 spiro atoms. The number of rotatable bonds is 3. The lowest BCUT2D eigenvalue weighted by molar-refractivity contribution is -0.384. The van der Waals surface area contributed by atoms with Gasteiger partial charge in [-0.05, 0) is 32.9 Å². The zero-order valence-electron chi connectivity index (χ0n) is 16.6. The van der Waals surface area contributed by atoms with Gasteiger partial charge in [0.2, 0.25) is 0 Å². The van der Waals surface area contributed by atoms with Gasteiger partial charge in [-0.3, -0.25) is 14.9 Å². The molecule has 0 bridgehead atoms. The molecule has 1 saturated heterocycles. The molecule has 0 atom stereocenters. The number of piperazine rings is 1. The summed E-state index contributed by atoms with van der Waals surface area (Å²) in [6, 6.07) is 4.37. The number of imidazole rings is 1. The molecule has 2 heterocycles. The molecule has 0 saturated carbocycles. The number of nitrogens with zero attached hydrogens (tertiary/aromatic N) is 5. The minimum absolute atomic E-state index is 0.179. The molecule has 1 fully saturated rings. The van der Waals surface area contributed by atoms with Crippen molar-refractivity contribution in [2.45, 2.75) is 26.4 Å². The molecule has 0 radical (unpaired) electrons. The van der Waals surface area contributed by atoms with E-state index in [1.165, 1.54) is 29.2 Å². The van der Waals surface area contributed by atoms with Crippen LogP contribution >= 0.6 is 0 Å². The number of aromatic nitrogens is 2. The SMILES string of the molecule is CC(C)(C)OC(=O)N1CCN(C(=O)c2ccc(-n3ccnc3)c([N+](=O)[O-])c2)CC1. The lowest BCUT2D eigenvalue weighted by Gasteiger charge is -2.35. The van der Waals surface area contributed by atoms with E-state index >= 15 is 0 Å². The smallest absolute Gasteiger partial charge is 0.410 e. The van der Waals surface area contributed by atoms with Gasteiger partial charge in [-0.25, -0.2) is 9.78 Å². The number of hydrogen-bond acceptors (Lipinski definition) is 6. The third kappa shape index (κ3) is 4.71. The Bertz CT molecular complexity index is 912. The Morgan fingerprint density at radius 1 is 1.14 bits per heavy atom. The van der Waals surface area contributed by atoms with Crippen molar-refractivity contribution in [3.05, 3.63) is 52.6 Å². The number of ether oxygens (including phenoxy) is 1. The quantitative estimate of drug-likeness (QED) is 0.577. The number of amides is 2. The summed E-state index contributed by atoms with van der Waals surface area (Å²) < 4.78 is 6.87. The van der Waals surface area contributed by atoms with E-state index < -0.39 is 16.6 Å². The average molecular weight is 401 g/mol. The first-order valence-electron chi connectivity index (χ1n) is 9.20. The third-order valence-corrected chi connectivity index (χ3v) is 4.42. The van der Waals surface area contributed by atoms with E-state index in [9.17, 15) is 19.7 Å². The number of benzene rings is 1. The monoisotopic (exact) mass is 401 g/mol. The summed E-state index contributed by atoms with van der Waals surface area (Å²) in [6.07, 6.45) is 4.16. The van der Waals surface area contributed by atoms with Gasteiger partial charge >= 0.3 is 6.09 Å². The fourth-order valence-electron chi connectivity index (χ4n) is 3.02. The van der Waals surface area contributed by atoms with Gasteiger partial charge in [-0.15, -0.1) is 0 Å². The fourth-order valence-corrected chi connectivity index (χ4v) is 3.02. The van der Waals surface area contributed by atoms with Gasteiger partial charge in [0.25, 0.3) is 11.6 Å². The minimum atomic E-state index is -0.583. The van der Waals surface area contributed by atoms with Crippen LogP contribution in [0.25, 0.3) is 5.69 Å². The Kier molecular flexibility index (Phi) is 5.53. The Morgan fingerprint density at radius 2 is 1.79 bits per heavy atom. The van der Waals surface area contributed by atoms with Crippen molar-refractivity contribution in [1.29, 1.82) is 0 Å². The molecule has 0 unspecified atom stereocenters. The Morgan fingerprint density at radius 3 is 2.34 bits per heavy atom. The van der Waals surface area contributed by atoms with Crippen molar-refractivity contribution >= 4 is 17.7 Å². The predicted molar refractivity (Wildman–Crippen MR) is 104 cm³/mol. The highest BCUT2D eigenvalue weighted by molar-refractivity contribution is 5.95. The van der Waals surface area contributed by atoms with Crippen LogP contribution in [-0.2, 0) is 4.74 Å². The van der Waals surface area contributed by atoms with Crippen LogP contribution in [0.2, 0.25) is 0 Å². The molecule has 10 heteroatoms. The van der Waals surface area contributed by atoms with Crippen LogP contribution in [0.4, 0.5) is 10.5 Å². The maximum absolute atomic E-state index is 12.8. The summed E-state index contributed by atoms with van der Waals surface area (Å²) in [7, 11) is 0. The van der Waals surface area contributed by atoms with Crippen LogP contribution < -0.4 is 0 Å². The second-order valence-electron chi connectivity index (χ2n) is 7.69. The molecule has 1 aliphatic heterocycles. The number of carbonyl (C=O) groups excluding carboxylic acids is 2. The molecule has 1 aromatic heterocycles. The summed E-state index contributed by atoms with van der Waals surface area (Å²) in [5.74, 6) is -0.311. The highest BCUT2D eigenvalue weighted by atomic mass is 16.6. The predicted octanol–water partition coefficient (Wildman–Crippen LogP) is 2.47. The van der Waals surface area contributed by atoms with Gasteiger partial charge in [0.15, 0.2) is 0 Å². The van der Waals surface area contributed by atoms with Crippen molar-refractivity contribution in [2.24, 2.45) is 0 Å². The van der Waals surface area contributed by atoms with E-state index in [0.29, 0.717) is 31.9 Å². The van der Waals surface area contributed by atoms with Crippen molar-refractivity contribution < 1.29 is 19.2 Å². The first kappa shape index (κ1) is 20.3. The second-order valence-corrected chi connectivity index (χ2v) is 7.69. The Balaban J connectivity index is 1.71.